The summed E-state index contributed by atoms with van der Waals surface area (Å²) in [5.41, 5.74) is 1.69. The normalized spacial score (nSPS) is 11.5. The van der Waals surface area contributed by atoms with E-state index in [9.17, 15) is 9.90 Å². The third kappa shape index (κ3) is 3.88. The van der Waals surface area contributed by atoms with Gasteiger partial charge in [-0.05, 0) is 42.2 Å². The molecule has 24 heavy (non-hydrogen) atoms. The van der Waals surface area contributed by atoms with Crippen LogP contribution in [-0.4, -0.2) is 11.0 Å². The molecule has 0 heterocycles. The van der Waals surface area contributed by atoms with Crippen LogP contribution in [-0.2, 0) is 5.41 Å². The van der Waals surface area contributed by atoms with Gasteiger partial charge in [-0.15, -0.1) is 0 Å². The molecule has 0 aliphatic carbocycles. The second-order valence-electron chi connectivity index (χ2n) is 6.58. The lowest BCUT2D eigenvalue weighted by Crippen LogP contribution is -2.18. The van der Waals surface area contributed by atoms with E-state index in [0.29, 0.717) is 26.9 Å². The van der Waals surface area contributed by atoms with Crippen molar-refractivity contribution in [3.8, 4) is 5.75 Å². The maximum Gasteiger partial charge on any atom is 0.259 e. The van der Waals surface area contributed by atoms with Crippen molar-refractivity contribution in [1.29, 1.82) is 0 Å². The van der Waals surface area contributed by atoms with Crippen molar-refractivity contribution in [2.45, 2.75) is 33.1 Å². The Hall–Kier alpha value is -1.23. The SMILES string of the molecule is Cc1c(Br)cc(C(C)(C)C)c(O)c1C(=O)Nc1ccc(Cl)cc1Cl. The molecular weight excluding hydrogens is 413 g/mol. The number of anilines is 1. The average Bonchev–Trinajstić information content (AvgIpc) is 2.45. The van der Waals surface area contributed by atoms with E-state index in [2.05, 4.69) is 21.2 Å². The van der Waals surface area contributed by atoms with E-state index >= 15 is 0 Å². The number of nitrogens with one attached hydrogen (secondary N) is 1. The van der Waals surface area contributed by atoms with Crippen LogP contribution in [0.25, 0.3) is 0 Å². The standard InChI is InChI=1S/C18H18BrCl2NO2/c1-9-12(19)8-11(18(2,3)4)16(23)15(9)17(24)22-14-6-5-10(20)7-13(14)21/h5-8,23H,1-4H3,(H,22,24). The van der Waals surface area contributed by atoms with Crippen LogP contribution in [0.5, 0.6) is 5.75 Å². The number of hydrogen-bond acceptors (Lipinski definition) is 2. The van der Waals surface area contributed by atoms with Crippen molar-refractivity contribution in [3.63, 3.8) is 0 Å². The number of benzene rings is 2. The highest BCUT2D eigenvalue weighted by molar-refractivity contribution is 9.10. The zero-order valence-electron chi connectivity index (χ0n) is 13.8. The molecule has 128 valence electrons. The third-order valence-electron chi connectivity index (χ3n) is 3.71. The fraction of sp³-hybridized carbons (Fsp3) is 0.278. The summed E-state index contributed by atoms with van der Waals surface area (Å²) >= 11 is 15.4. The molecule has 0 saturated carbocycles. The van der Waals surface area contributed by atoms with Gasteiger partial charge < -0.3 is 10.4 Å². The van der Waals surface area contributed by atoms with Crippen molar-refractivity contribution < 1.29 is 9.90 Å². The maximum atomic E-state index is 12.7. The van der Waals surface area contributed by atoms with Crippen LogP contribution in [0.15, 0.2) is 28.7 Å². The molecule has 6 heteroatoms. The summed E-state index contributed by atoms with van der Waals surface area (Å²) < 4.78 is 0.762. The predicted octanol–water partition coefficient (Wildman–Crippen LogP) is 6.32. The van der Waals surface area contributed by atoms with Crippen molar-refractivity contribution in [1.82, 2.24) is 0 Å². The fourth-order valence-electron chi connectivity index (χ4n) is 2.36. The number of amides is 1. The fourth-order valence-corrected chi connectivity index (χ4v) is 3.24. The summed E-state index contributed by atoms with van der Waals surface area (Å²) in [5.74, 6) is -0.452. The first-order valence-electron chi connectivity index (χ1n) is 7.31. The largest absolute Gasteiger partial charge is 0.507 e. The van der Waals surface area contributed by atoms with Crippen molar-refractivity contribution in [3.05, 3.63) is 55.5 Å². The number of carbonyl (C=O) groups excluding carboxylic acids is 1. The zero-order valence-corrected chi connectivity index (χ0v) is 16.9. The highest BCUT2D eigenvalue weighted by Gasteiger charge is 2.26. The second-order valence-corrected chi connectivity index (χ2v) is 8.28. The Morgan fingerprint density at radius 3 is 2.38 bits per heavy atom. The number of aromatic hydroxyl groups is 1. The number of hydrogen-bond donors (Lipinski definition) is 2. The van der Waals surface area contributed by atoms with Crippen LogP contribution in [0.1, 0.15) is 42.3 Å². The average molecular weight is 431 g/mol. The van der Waals surface area contributed by atoms with Gasteiger partial charge in [-0.1, -0.05) is 59.9 Å². The Labute approximate surface area is 160 Å². The van der Waals surface area contributed by atoms with E-state index in [4.69, 9.17) is 23.2 Å². The summed E-state index contributed by atoms with van der Waals surface area (Å²) in [6.07, 6.45) is 0. The summed E-state index contributed by atoms with van der Waals surface area (Å²) in [6.45, 7) is 7.69. The monoisotopic (exact) mass is 429 g/mol. The van der Waals surface area contributed by atoms with Gasteiger partial charge in [0.25, 0.3) is 5.91 Å². The molecule has 0 saturated heterocycles. The molecule has 0 aromatic heterocycles. The number of carbonyl (C=O) groups is 1. The molecule has 2 aromatic carbocycles. The minimum absolute atomic E-state index is 0.0224. The molecule has 0 unspecified atom stereocenters. The molecule has 1 amide bonds. The van der Waals surface area contributed by atoms with Crippen LogP contribution < -0.4 is 5.32 Å². The first-order valence-corrected chi connectivity index (χ1v) is 8.86. The van der Waals surface area contributed by atoms with Crippen molar-refractivity contribution in [2.75, 3.05) is 5.32 Å². The molecular formula is C18H18BrCl2NO2. The van der Waals surface area contributed by atoms with Gasteiger partial charge in [-0.3, -0.25) is 4.79 Å². The Morgan fingerprint density at radius 2 is 1.83 bits per heavy atom. The molecule has 0 aliphatic rings. The van der Waals surface area contributed by atoms with Crippen molar-refractivity contribution in [2.24, 2.45) is 0 Å². The van der Waals surface area contributed by atoms with Gasteiger partial charge in [0.1, 0.15) is 5.75 Å². The predicted molar refractivity (Wildman–Crippen MR) is 104 cm³/mol. The number of phenolic OH excluding ortho intramolecular Hbond substituents is 1. The van der Waals surface area contributed by atoms with Gasteiger partial charge in [-0.25, -0.2) is 0 Å². The van der Waals surface area contributed by atoms with Gasteiger partial charge in [0.15, 0.2) is 0 Å². The van der Waals surface area contributed by atoms with E-state index in [1.807, 2.05) is 26.8 Å². The third-order valence-corrected chi connectivity index (χ3v) is 5.08. The first kappa shape index (κ1) is 19.1. The van der Waals surface area contributed by atoms with E-state index < -0.39 is 5.91 Å². The smallest absolute Gasteiger partial charge is 0.259 e. The summed E-state index contributed by atoms with van der Waals surface area (Å²) in [4.78, 5) is 12.7. The zero-order chi connectivity index (χ0) is 18.2. The van der Waals surface area contributed by atoms with E-state index in [-0.39, 0.29) is 16.7 Å². The molecule has 2 aromatic rings. The van der Waals surface area contributed by atoms with Crippen molar-refractivity contribution >= 4 is 50.7 Å². The molecule has 0 spiro atoms. The molecule has 0 aliphatic heterocycles. The van der Waals surface area contributed by atoms with Crippen LogP contribution >= 0.6 is 39.1 Å². The molecule has 0 radical (unpaired) electrons. The topological polar surface area (TPSA) is 49.3 Å². The molecule has 3 nitrogen and oxygen atoms in total. The lowest BCUT2D eigenvalue weighted by atomic mass is 9.84. The Balaban J connectivity index is 2.51. The Morgan fingerprint density at radius 1 is 1.21 bits per heavy atom. The maximum absolute atomic E-state index is 12.7. The number of rotatable bonds is 2. The summed E-state index contributed by atoms with van der Waals surface area (Å²) in [7, 11) is 0. The number of halogens is 3. The lowest BCUT2D eigenvalue weighted by molar-refractivity contribution is 0.102. The minimum atomic E-state index is -0.430. The highest BCUT2D eigenvalue weighted by Crippen LogP contribution is 2.39. The first-order chi connectivity index (χ1) is 11.0. The number of phenols is 1. The second kappa shape index (κ2) is 6.95. The van der Waals surface area contributed by atoms with Crippen LogP contribution in [0.3, 0.4) is 0 Å². The van der Waals surface area contributed by atoms with Gasteiger partial charge in [0.05, 0.1) is 16.3 Å². The van der Waals surface area contributed by atoms with Gasteiger partial charge in [0, 0.05) is 15.1 Å². The molecule has 2 rings (SSSR count). The summed E-state index contributed by atoms with van der Waals surface area (Å²) in [5, 5.41) is 14.2. The lowest BCUT2D eigenvalue weighted by Gasteiger charge is -2.23. The Bertz CT molecular complexity index is 814. The Kier molecular flexibility index (Phi) is 5.53. The van der Waals surface area contributed by atoms with Gasteiger partial charge in [-0.2, -0.15) is 0 Å². The molecule has 0 atom stereocenters. The van der Waals surface area contributed by atoms with Gasteiger partial charge in [0.2, 0.25) is 0 Å². The molecule has 0 bridgehead atoms. The molecule has 2 N–H and O–H groups in total. The van der Waals surface area contributed by atoms with Crippen LogP contribution in [0.2, 0.25) is 10.0 Å². The highest BCUT2D eigenvalue weighted by atomic mass is 79.9. The minimum Gasteiger partial charge on any atom is -0.507 e. The van der Waals surface area contributed by atoms with Crippen LogP contribution in [0.4, 0.5) is 5.69 Å². The van der Waals surface area contributed by atoms with E-state index in [1.165, 1.54) is 0 Å². The quantitative estimate of drug-likeness (QED) is 0.585. The molecule has 0 fully saturated rings. The summed E-state index contributed by atoms with van der Waals surface area (Å²) in [6, 6.07) is 6.65. The van der Waals surface area contributed by atoms with Gasteiger partial charge >= 0.3 is 0 Å². The van der Waals surface area contributed by atoms with Crippen LogP contribution in [0, 0.1) is 6.92 Å². The van der Waals surface area contributed by atoms with E-state index in [1.54, 1.807) is 25.1 Å². The van der Waals surface area contributed by atoms with E-state index in [0.717, 1.165) is 4.47 Å².